The van der Waals surface area contributed by atoms with E-state index >= 15 is 0 Å². The Morgan fingerprint density at radius 1 is 1.32 bits per heavy atom. The Labute approximate surface area is 129 Å². The molecule has 0 spiro atoms. The van der Waals surface area contributed by atoms with Crippen molar-refractivity contribution < 1.29 is 9.53 Å². The molecule has 1 aliphatic heterocycles. The van der Waals surface area contributed by atoms with Crippen molar-refractivity contribution in [1.82, 2.24) is 15.3 Å². The predicted octanol–water partition coefficient (Wildman–Crippen LogP) is 2.16. The van der Waals surface area contributed by atoms with Crippen LogP contribution < -0.4 is 10.1 Å². The first-order valence-corrected chi connectivity index (χ1v) is 7.50. The van der Waals surface area contributed by atoms with Crippen LogP contribution in [0.1, 0.15) is 28.2 Å². The van der Waals surface area contributed by atoms with E-state index < -0.39 is 0 Å². The molecule has 0 fully saturated rings. The van der Waals surface area contributed by atoms with E-state index in [1.165, 1.54) is 11.8 Å². The summed E-state index contributed by atoms with van der Waals surface area (Å²) in [4.78, 5) is 20.3. The topological polar surface area (TPSA) is 64.1 Å². The van der Waals surface area contributed by atoms with Gasteiger partial charge in [-0.2, -0.15) is 0 Å². The summed E-state index contributed by atoms with van der Waals surface area (Å²) in [5.74, 6) is 1.15. The minimum Gasteiger partial charge on any atom is -0.493 e. The highest BCUT2D eigenvalue weighted by Gasteiger charge is 2.18. The summed E-state index contributed by atoms with van der Waals surface area (Å²) in [6.45, 7) is 3.14. The molecule has 0 bridgehead atoms. The summed E-state index contributed by atoms with van der Waals surface area (Å²) >= 11 is 0. The highest BCUT2D eigenvalue weighted by atomic mass is 16.5. The van der Waals surface area contributed by atoms with Crippen LogP contribution in [0.4, 0.5) is 0 Å². The maximum atomic E-state index is 12.1. The van der Waals surface area contributed by atoms with Crippen LogP contribution in [0.25, 0.3) is 0 Å². The van der Waals surface area contributed by atoms with Gasteiger partial charge in [-0.05, 0) is 37.3 Å². The molecule has 22 heavy (non-hydrogen) atoms. The minimum absolute atomic E-state index is 0.175. The fraction of sp³-hybridized carbons (Fsp3) is 0.353. The largest absolute Gasteiger partial charge is 0.493 e. The molecule has 5 heteroatoms. The first-order chi connectivity index (χ1) is 10.7. The number of aromatic nitrogens is 2. The minimum atomic E-state index is -0.175. The van der Waals surface area contributed by atoms with E-state index in [4.69, 9.17) is 4.74 Å². The van der Waals surface area contributed by atoms with Crippen molar-refractivity contribution in [3.8, 4) is 5.75 Å². The average Bonchev–Trinajstić information content (AvgIpc) is 2.75. The third-order valence-electron chi connectivity index (χ3n) is 3.83. The Kier molecular flexibility index (Phi) is 4.32. The van der Waals surface area contributed by atoms with E-state index in [-0.39, 0.29) is 5.91 Å². The molecule has 3 rings (SSSR count). The van der Waals surface area contributed by atoms with Crippen molar-refractivity contribution in [1.29, 1.82) is 0 Å². The first kappa shape index (κ1) is 14.5. The van der Waals surface area contributed by atoms with Crippen LogP contribution in [-0.2, 0) is 6.42 Å². The van der Waals surface area contributed by atoms with Gasteiger partial charge in [-0.15, -0.1) is 0 Å². The number of amides is 1. The van der Waals surface area contributed by atoms with Gasteiger partial charge in [0.25, 0.3) is 5.91 Å². The molecular weight excluding hydrogens is 278 g/mol. The van der Waals surface area contributed by atoms with E-state index in [9.17, 15) is 4.79 Å². The van der Waals surface area contributed by atoms with Gasteiger partial charge >= 0.3 is 0 Å². The third kappa shape index (κ3) is 3.42. The Morgan fingerprint density at radius 2 is 2.18 bits per heavy atom. The Balaban J connectivity index is 1.59. The number of nitrogens with one attached hydrogen (secondary N) is 1. The molecule has 2 heterocycles. The standard InChI is InChI=1S/C17H19N3O2/c1-12-9-19-15(11-18-12)17(21)20-10-13-6-7-22-16-5-3-2-4-14(16)8-13/h2-5,9,11,13H,6-8,10H2,1H3,(H,20,21)/t13-/m1/s1. The van der Waals surface area contributed by atoms with Gasteiger partial charge in [-0.1, -0.05) is 18.2 Å². The molecule has 1 atom stereocenters. The number of nitrogens with zero attached hydrogens (tertiary/aromatic N) is 2. The lowest BCUT2D eigenvalue weighted by Gasteiger charge is -2.14. The van der Waals surface area contributed by atoms with Crippen LogP contribution >= 0.6 is 0 Å². The molecule has 1 aliphatic rings. The van der Waals surface area contributed by atoms with Gasteiger partial charge in [0.15, 0.2) is 0 Å². The maximum absolute atomic E-state index is 12.1. The van der Waals surface area contributed by atoms with Crippen LogP contribution in [0.5, 0.6) is 5.75 Å². The number of hydrogen-bond acceptors (Lipinski definition) is 4. The summed E-state index contributed by atoms with van der Waals surface area (Å²) in [6.07, 6.45) is 4.95. The van der Waals surface area contributed by atoms with Gasteiger partial charge in [0, 0.05) is 12.7 Å². The van der Waals surface area contributed by atoms with Gasteiger partial charge in [-0.25, -0.2) is 4.98 Å². The van der Waals surface area contributed by atoms with E-state index in [0.717, 1.165) is 24.3 Å². The molecule has 114 valence electrons. The van der Waals surface area contributed by atoms with Gasteiger partial charge in [0.05, 0.1) is 18.5 Å². The number of hydrogen-bond donors (Lipinski definition) is 1. The summed E-state index contributed by atoms with van der Waals surface area (Å²) in [5.41, 5.74) is 2.36. The highest BCUT2D eigenvalue weighted by Crippen LogP contribution is 2.26. The second-order valence-electron chi connectivity index (χ2n) is 5.57. The van der Waals surface area contributed by atoms with Gasteiger partial charge < -0.3 is 10.1 Å². The second kappa shape index (κ2) is 6.56. The first-order valence-electron chi connectivity index (χ1n) is 7.50. The van der Waals surface area contributed by atoms with Crippen molar-refractivity contribution in [2.75, 3.05) is 13.2 Å². The number of aryl methyl sites for hydroxylation is 1. The Hall–Kier alpha value is -2.43. The molecular formula is C17H19N3O2. The summed E-state index contributed by atoms with van der Waals surface area (Å²) in [7, 11) is 0. The molecule has 2 aromatic rings. The predicted molar refractivity (Wildman–Crippen MR) is 82.9 cm³/mol. The molecule has 1 aromatic heterocycles. The molecule has 5 nitrogen and oxygen atoms in total. The van der Waals surface area contributed by atoms with Crippen LogP contribution in [0.3, 0.4) is 0 Å². The zero-order valence-electron chi connectivity index (χ0n) is 12.6. The molecule has 1 amide bonds. The molecule has 1 N–H and O–H groups in total. The van der Waals surface area contributed by atoms with Crippen molar-refractivity contribution in [2.24, 2.45) is 5.92 Å². The molecule has 0 aliphatic carbocycles. The van der Waals surface area contributed by atoms with Crippen molar-refractivity contribution >= 4 is 5.91 Å². The summed E-state index contributed by atoms with van der Waals surface area (Å²) < 4.78 is 5.75. The SMILES string of the molecule is Cc1cnc(C(=O)NC[C@@H]2CCOc3ccccc3C2)cn1. The van der Waals surface area contributed by atoms with E-state index in [1.807, 2.05) is 25.1 Å². The van der Waals surface area contributed by atoms with Crippen LogP contribution in [-0.4, -0.2) is 29.0 Å². The monoisotopic (exact) mass is 297 g/mol. The van der Waals surface area contributed by atoms with Gasteiger partial charge in [0.1, 0.15) is 11.4 Å². The average molecular weight is 297 g/mol. The van der Waals surface area contributed by atoms with E-state index in [2.05, 4.69) is 21.4 Å². The maximum Gasteiger partial charge on any atom is 0.271 e. The fourth-order valence-corrected chi connectivity index (χ4v) is 2.57. The van der Waals surface area contributed by atoms with E-state index in [0.29, 0.717) is 24.8 Å². The molecule has 0 saturated heterocycles. The van der Waals surface area contributed by atoms with Crippen LogP contribution in [0, 0.1) is 12.8 Å². The zero-order valence-corrected chi connectivity index (χ0v) is 12.6. The second-order valence-corrected chi connectivity index (χ2v) is 5.57. The lowest BCUT2D eigenvalue weighted by Crippen LogP contribution is -2.31. The Morgan fingerprint density at radius 3 is 3.00 bits per heavy atom. The number of benzene rings is 1. The molecule has 0 unspecified atom stereocenters. The highest BCUT2D eigenvalue weighted by molar-refractivity contribution is 5.91. The fourth-order valence-electron chi connectivity index (χ4n) is 2.57. The van der Waals surface area contributed by atoms with E-state index in [1.54, 1.807) is 6.20 Å². The lowest BCUT2D eigenvalue weighted by atomic mass is 9.97. The van der Waals surface area contributed by atoms with Crippen LogP contribution in [0.2, 0.25) is 0 Å². The van der Waals surface area contributed by atoms with Crippen molar-refractivity contribution in [3.05, 3.63) is 53.6 Å². The smallest absolute Gasteiger partial charge is 0.271 e. The number of fused-ring (bicyclic) bond motifs is 1. The van der Waals surface area contributed by atoms with Gasteiger partial charge in [0.2, 0.25) is 0 Å². The van der Waals surface area contributed by atoms with Gasteiger partial charge in [-0.3, -0.25) is 9.78 Å². The van der Waals surface area contributed by atoms with Crippen LogP contribution in [0.15, 0.2) is 36.7 Å². The molecule has 1 aromatic carbocycles. The zero-order chi connectivity index (χ0) is 15.4. The normalized spacial score (nSPS) is 17.0. The molecule has 0 radical (unpaired) electrons. The van der Waals surface area contributed by atoms with Crippen molar-refractivity contribution in [3.63, 3.8) is 0 Å². The number of rotatable bonds is 3. The lowest BCUT2D eigenvalue weighted by molar-refractivity contribution is 0.0940. The number of para-hydroxylation sites is 1. The number of carbonyl (C=O) groups excluding carboxylic acids is 1. The third-order valence-corrected chi connectivity index (χ3v) is 3.83. The quantitative estimate of drug-likeness (QED) is 0.943. The molecule has 0 saturated carbocycles. The Bertz CT molecular complexity index is 655. The number of carbonyl (C=O) groups is 1. The summed E-state index contributed by atoms with van der Waals surface area (Å²) in [5, 5.41) is 2.95. The summed E-state index contributed by atoms with van der Waals surface area (Å²) in [6, 6.07) is 8.08. The van der Waals surface area contributed by atoms with Crippen molar-refractivity contribution in [2.45, 2.75) is 19.8 Å². The number of ether oxygens (including phenoxy) is 1.